The highest BCUT2D eigenvalue weighted by Gasteiger charge is 2.34. The molecule has 0 saturated carbocycles. The minimum absolute atomic E-state index is 0.128. The molecule has 0 aromatic heterocycles. The number of nitrogens with two attached hydrogens (primary N) is 1. The molecule has 4 nitrogen and oxygen atoms in total. The molecule has 1 heterocycles. The number of ether oxygens (including phenoxy) is 1. The molecule has 0 amide bonds. The molecule has 17 heavy (non-hydrogen) atoms. The molecule has 1 aliphatic heterocycles. The summed E-state index contributed by atoms with van der Waals surface area (Å²) in [5, 5.41) is 0. The Morgan fingerprint density at radius 1 is 1.29 bits per heavy atom. The van der Waals surface area contributed by atoms with Gasteiger partial charge in [-0.1, -0.05) is 6.42 Å². The fourth-order valence-corrected chi connectivity index (χ4v) is 2.76. The topological polar surface area (TPSA) is 50.5 Å². The van der Waals surface area contributed by atoms with Crippen molar-refractivity contribution in [3.8, 4) is 0 Å². The maximum atomic E-state index is 5.73. The smallest absolute Gasteiger partial charge is 0.0462 e. The van der Waals surface area contributed by atoms with Gasteiger partial charge in [-0.15, -0.1) is 0 Å². The van der Waals surface area contributed by atoms with Crippen LogP contribution in [0, 0.1) is 0 Å². The molecule has 0 radical (unpaired) electrons. The number of piperidine rings is 1. The number of nitrogens with one attached hydrogen (secondary N) is 1. The quantitative estimate of drug-likeness (QED) is 0.404. The predicted molar refractivity (Wildman–Crippen MR) is 71.7 cm³/mol. The first-order valence-electron chi connectivity index (χ1n) is 6.83. The Morgan fingerprint density at radius 3 is 2.47 bits per heavy atom. The molecule has 1 fully saturated rings. The lowest BCUT2D eigenvalue weighted by Gasteiger charge is -2.45. The van der Waals surface area contributed by atoms with Gasteiger partial charge >= 0.3 is 0 Å². The molecular weight excluding hydrogens is 214 g/mol. The van der Waals surface area contributed by atoms with Crippen LogP contribution in [0.1, 0.15) is 46.0 Å². The summed E-state index contributed by atoms with van der Waals surface area (Å²) in [7, 11) is 1.75. The summed E-state index contributed by atoms with van der Waals surface area (Å²) in [5.41, 5.74) is 3.13. The van der Waals surface area contributed by atoms with Crippen molar-refractivity contribution in [1.29, 1.82) is 0 Å². The average Bonchev–Trinajstić information content (AvgIpc) is 2.35. The van der Waals surface area contributed by atoms with E-state index in [1.165, 1.54) is 32.4 Å². The number of hydrogen-bond acceptors (Lipinski definition) is 4. The minimum atomic E-state index is 0.128. The Kier molecular flexibility index (Phi) is 6.41. The van der Waals surface area contributed by atoms with E-state index in [-0.39, 0.29) is 5.54 Å². The Hall–Kier alpha value is -0.160. The lowest BCUT2D eigenvalue weighted by molar-refractivity contribution is 0.0546. The fraction of sp³-hybridized carbons (Fsp3) is 1.00. The van der Waals surface area contributed by atoms with Gasteiger partial charge in [0, 0.05) is 25.3 Å². The first-order chi connectivity index (χ1) is 8.12. The molecular formula is C13H29N3O. The van der Waals surface area contributed by atoms with Crippen molar-refractivity contribution >= 4 is 0 Å². The molecule has 0 aromatic carbocycles. The predicted octanol–water partition coefficient (Wildman–Crippen LogP) is 1.51. The average molecular weight is 243 g/mol. The molecule has 102 valence electrons. The summed E-state index contributed by atoms with van der Waals surface area (Å²) < 4.78 is 5.11. The van der Waals surface area contributed by atoms with Crippen LogP contribution >= 0.6 is 0 Å². The summed E-state index contributed by atoms with van der Waals surface area (Å²) >= 11 is 0. The zero-order valence-electron chi connectivity index (χ0n) is 11.7. The van der Waals surface area contributed by atoms with E-state index < -0.39 is 0 Å². The zero-order valence-corrected chi connectivity index (χ0v) is 11.7. The third-order valence-corrected chi connectivity index (χ3v) is 4.07. The number of hydrogen-bond donors (Lipinski definition) is 2. The van der Waals surface area contributed by atoms with Gasteiger partial charge in [-0.25, -0.2) is 0 Å². The maximum Gasteiger partial charge on any atom is 0.0462 e. The van der Waals surface area contributed by atoms with Crippen molar-refractivity contribution in [3.63, 3.8) is 0 Å². The van der Waals surface area contributed by atoms with Crippen LogP contribution < -0.4 is 11.3 Å². The van der Waals surface area contributed by atoms with Crippen molar-refractivity contribution in [1.82, 2.24) is 10.3 Å². The van der Waals surface area contributed by atoms with E-state index >= 15 is 0 Å². The number of nitrogens with zero attached hydrogens (tertiary/aromatic N) is 1. The van der Waals surface area contributed by atoms with Gasteiger partial charge in [-0.2, -0.15) is 0 Å². The van der Waals surface area contributed by atoms with Crippen molar-refractivity contribution < 1.29 is 4.74 Å². The minimum Gasteiger partial charge on any atom is -0.385 e. The van der Waals surface area contributed by atoms with Crippen LogP contribution in [0.25, 0.3) is 0 Å². The highest BCUT2D eigenvalue weighted by Crippen LogP contribution is 2.25. The molecule has 3 N–H and O–H groups in total. The van der Waals surface area contributed by atoms with Crippen LogP contribution in [0.4, 0.5) is 0 Å². The largest absolute Gasteiger partial charge is 0.385 e. The zero-order chi connectivity index (χ0) is 12.7. The number of likely N-dealkylation sites (tertiary alicyclic amines) is 1. The van der Waals surface area contributed by atoms with E-state index in [0.717, 1.165) is 19.4 Å². The molecule has 1 aliphatic rings. The van der Waals surface area contributed by atoms with E-state index in [1.807, 2.05) is 0 Å². The van der Waals surface area contributed by atoms with Gasteiger partial charge in [0.1, 0.15) is 0 Å². The van der Waals surface area contributed by atoms with E-state index in [0.29, 0.717) is 6.04 Å². The van der Waals surface area contributed by atoms with Crippen LogP contribution in [0.15, 0.2) is 0 Å². The lowest BCUT2D eigenvalue weighted by Crippen LogP contribution is -2.60. The van der Waals surface area contributed by atoms with E-state index in [1.54, 1.807) is 7.11 Å². The maximum absolute atomic E-state index is 5.73. The highest BCUT2D eigenvalue weighted by molar-refractivity contribution is 4.93. The molecule has 1 saturated heterocycles. The van der Waals surface area contributed by atoms with Crippen molar-refractivity contribution in [2.24, 2.45) is 5.84 Å². The molecule has 0 aromatic rings. The molecule has 1 rings (SSSR count). The standard InChI is InChI=1S/C13H29N3O/c1-13(2,16-9-5-4-6-10-16)12(15-14)8-7-11-17-3/h12,15H,4-11,14H2,1-3H3. The van der Waals surface area contributed by atoms with Gasteiger partial charge in [-0.3, -0.25) is 16.2 Å². The Balaban J connectivity index is 2.50. The summed E-state index contributed by atoms with van der Waals surface area (Å²) in [6, 6.07) is 0.329. The normalized spacial score (nSPS) is 20.5. The summed E-state index contributed by atoms with van der Waals surface area (Å²) in [5.74, 6) is 5.73. The van der Waals surface area contributed by atoms with Crippen LogP contribution in [0.2, 0.25) is 0 Å². The summed E-state index contributed by atoms with van der Waals surface area (Å²) in [6.45, 7) is 7.82. The molecule has 0 spiro atoms. The third kappa shape index (κ3) is 4.21. The molecule has 0 bridgehead atoms. The van der Waals surface area contributed by atoms with Crippen molar-refractivity contribution in [2.75, 3.05) is 26.8 Å². The van der Waals surface area contributed by atoms with E-state index in [4.69, 9.17) is 10.6 Å². The van der Waals surface area contributed by atoms with E-state index in [9.17, 15) is 0 Å². The van der Waals surface area contributed by atoms with Gasteiger partial charge in [0.25, 0.3) is 0 Å². The Morgan fingerprint density at radius 2 is 1.94 bits per heavy atom. The molecule has 1 unspecified atom stereocenters. The SMILES string of the molecule is COCCCC(NN)C(C)(C)N1CCCCC1. The lowest BCUT2D eigenvalue weighted by atomic mass is 9.87. The second-order valence-electron chi connectivity index (χ2n) is 5.56. The first kappa shape index (κ1) is 14.9. The number of hydrazine groups is 1. The fourth-order valence-electron chi connectivity index (χ4n) is 2.76. The van der Waals surface area contributed by atoms with Crippen molar-refractivity contribution in [2.45, 2.75) is 57.5 Å². The molecule has 1 atom stereocenters. The Labute approximate surface area is 106 Å². The number of rotatable bonds is 7. The third-order valence-electron chi connectivity index (χ3n) is 4.07. The van der Waals surface area contributed by atoms with E-state index in [2.05, 4.69) is 24.2 Å². The molecule has 4 heteroatoms. The number of methoxy groups -OCH3 is 1. The second-order valence-corrected chi connectivity index (χ2v) is 5.56. The monoisotopic (exact) mass is 243 g/mol. The first-order valence-corrected chi connectivity index (χ1v) is 6.83. The highest BCUT2D eigenvalue weighted by atomic mass is 16.5. The molecule has 0 aliphatic carbocycles. The van der Waals surface area contributed by atoms with Crippen LogP contribution in [0.3, 0.4) is 0 Å². The van der Waals surface area contributed by atoms with Gasteiger partial charge in [-0.05, 0) is 52.6 Å². The van der Waals surface area contributed by atoms with Crippen LogP contribution in [0.5, 0.6) is 0 Å². The van der Waals surface area contributed by atoms with Crippen LogP contribution in [-0.2, 0) is 4.74 Å². The van der Waals surface area contributed by atoms with Gasteiger partial charge in [0.2, 0.25) is 0 Å². The summed E-state index contributed by atoms with van der Waals surface area (Å²) in [6.07, 6.45) is 6.13. The Bertz CT molecular complexity index is 203. The second kappa shape index (κ2) is 7.31. The van der Waals surface area contributed by atoms with Gasteiger partial charge in [0.05, 0.1) is 0 Å². The van der Waals surface area contributed by atoms with Crippen molar-refractivity contribution in [3.05, 3.63) is 0 Å². The van der Waals surface area contributed by atoms with Crippen LogP contribution in [-0.4, -0.2) is 43.3 Å². The van der Waals surface area contributed by atoms with Gasteiger partial charge in [0.15, 0.2) is 0 Å². The summed E-state index contributed by atoms with van der Waals surface area (Å²) in [4.78, 5) is 2.58. The van der Waals surface area contributed by atoms with Gasteiger partial charge < -0.3 is 4.74 Å².